The van der Waals surface area contributed by atoms with Crippen molar-refractivity contribution < 1.29 is 19.3 Å². The van der Waals surface area contributed by atoms with Gasteiger partial charge in [0.15, 0.2) is 5.92 Å². The molecule has 2 heterocycles. The maximum absolute atomic E-state index is 12.7. The highest BCUT2D eigenvalue weighted by molar-refractivity contribution is 6.31. The largest absolute Gasteiger partial charge is 0.497 e. The van der Waals surface area contributed by atoms with Gasteiger partial charge < -0.3 is 4.74 Å². The molecule has 1 unspecified atom stereocenters. The monoisotopic (exact) mass is 327 g/mol. The molecule has 0 spiro atoms. The fourth-order valence-electron chi connectivity index (χ4n) is 2.79. The topological polar surface area (TPSA) is 76.2 Å². The second-order valence-electron chi connectivity index (χ2n) is 5.72. The number of fused-ring (bicyclic) bond motifs is 1. The Hall–Kier alpha value is -2.96. The van der Waals surface area contributed by atoms with Gasteiger partial charge in [-0.25, -0.2) is 14.7 Å². The summed E-state index contributed by atoms with van der Waals surface area (Å²) in [6.45, 7) is 1.88. The van der Waals surface area contributed by atoms with E-state index in [1.807, 2.05) is 31.2 Å². The Kier molecular flexibility index (Phi) is 3.92. The Morgan fingerprint density at radius 2 is 1.79 bits per heavy atom. The Labute approximate surface area is 139 Å². The molecular formula is C17H19N4O3+. The summed E-state index contributed by atoms with van der Waals surface area (Å²) in [5.41, 5.74) is 2.20. The van der Waals surface area contributed by atoms with Crippen LogP contribution in [0.5, 0.6) is 5.75 Å². The summed E-state index contributed by atoms with van der Waals surface area (Å²) in [5, 5.41) is 0. The van der Waals surface area contributed by atoms with Gasteiger partial charge in [0.1, 0.15) is 5.75 Å². The van der Waals surface area contributed by atoms with Crippen LogP contribution in [0.1, 0.15) is 6.92 Å². The number of nitrogens with zero attached hydrogens (tertiary/aromatic N) is 3. The normalized spacial score (nSPS) is 22.3. The van der Waals surface area contributed by atoms with Gasteiger partial charge in [-0.15, -0.1) is 0 Å². The van der Waals surface area contributed by atoms with Gasteiger partial charge in [-0.2, -0.15) is 4.90 Å². The van der Waals surface area contributed by atoms with Crippen LogP contribution in [-0.4, -0.2) is 54.5 Å². The van der Waals surface area contributed by atoms with Crippen molar-refractivity contribution in [3.05, 3.63) is 36.0 Å². The fraction of sp³-hybridized carbons (Fsp3) is 0.294. The fourth-order valence-corrected chi connectivity index (χ4v) is 2.79. The predicted octanol–water partition coefficient (Wildman–Crippen LogP) is 0.304. The lowest BCUT2D eigenvalue weighted by Crippen LogP contribution is -2.80. The molecule has 0 saturated carbocycles. The maximum atomic E-state index is 12.7. The Bertz CT molecular complexity index is 793. The summed E-state index contributed by atoms with van der Waals surface area (Å²) in [4.78, 5) is 35.0. The van der Waals surface area contributed by atoms with Crippen LogP contribution < -0.4 is 9.73 Å². The number of nitrogens with one attached hydrogen (secondary N) is 1. The van der Waals surface area contributed by atoms with Crippen molar-refractivity contribution in [2.45, 2.75) is 6.92 Å². The molecule has 1 aromatic rings. The van der Waals surface area contributed by atoms with Crippen molar-refractivity contribution in [1.82, 2.24) is 9.80 Å². The molecule has 3 amide bonds. The average molecular weight is 327 g/mol. The molecule has 3 rings (SSSR count). The number of benzene rings is 1. The highest BCUT2D eigenvalue weighted by Gasteiger charge is 2.50. The molecule has 1 aromatic carbocycles. The van der Waals surface area contributed by atoms with Crippen LogP contribution >= 0.6 is 0 Å². The van der Waals surface area contributed by atoms with Crippen molar-refractivity contribution in [1.29, 1.82) is 0 Å². The summed E-state index contributed by atoms with van der Waals surface area (Å²) in [6.07, 6.45) is 1.76. The van der Waals surface area contributed by atoms with Crippen LogP contribution in [0.25, 0.3) is 0 Å². The molecule has 1 saturated heterocycles. The molecule has 1 fully saturated rings. The lowest BCUT2D eigenvalue weighted by atomic mass is 9.91. The second kappa shape index (κ2) is 5.92. The first-order valence-corrected chi connectivity index (χ1v) is 7.52. The van der Waals surface area contributed by atoms with Gasteiger partial charge in [0.25, 0.3) is 11.7 Å². The van der Waals surface area contributed by atoms with Crippen LogP contribution in [0.3, 0.4) is 0 Å². The smallest absolute Gasteiger partial charge is 0.417 e. The Balaban J connectivity index is 2.05. The molecule has 2 aliphatic rings. The first-order chi connectivity index (χ1) is 11.4. The second-order valence-corrected chi connectivity index (χ2v) is 5.72. The van der Waals surface area contributed by atoms with Crippen LogP contribution in [0.4, 0.5) is 10.5 Å². The van der Waals surface area contributed by atoms with E-state index < -0.39 is 5.92 Å². The van der Waals surface area contributed by atoms with Gasteiger partial charge in [-0.1, -0.05) is 0 Å². The average Bonchev–Trinajstić information content (AvgIpc) is 2.60. The zero-order valence-corrected chi connectivity index (χ0v) is 14.0. The van der Waals surface area contributed by atoms with Crippen molar-refractivity contribution in [2.75, 3.05) is 21.2 Å². The van der Waals surface area contributed by atoms with Crippen molar-refractivity contribution in [2.24, 2.45) is 10.9 Å². The number of methoxy groups -OCH3 is 1. The molecule has 0 bridgehead atoms. The molecule has 0 aromatic heterocycles. The number of carbonyl (C=O) groups excluding carboxylic acids is 2. The first-order valence-electron chi connectivity index (χ1n) is 7.52. The van der Waals surface area contributed by atoms with Crippen LogP contribution in [0, 0.1) is 5.92 Å². The van der Waals surface area contributed by atoms with Crippen LogP contribution in [-0.2, 0) is 4.79 Å². The number of hydrogen-bond acceptors (Lipinski definition) is 4. The number of amides is 3. The summed E-state index contributed by atoms with van der Waals surface area (Å²) in [6, 6.07) is 6.92. The van der Waals surface area contributed by atoms with E-state index >= 15 is 0 Å². The minimum absolute atomic E-state index is 0.291. The van der Waals surface area contributed by atoms with E-state index in [9.17, 15) is 9.59 Å². The minimum Gasteiger partial charge on any atom is -0.497 e. The van der Waals surface area contributed by atoms with Gasteiger partial charge in [-0.3, -0.25) is 9.79 Å². The van der Waals surface area contributed by atoms with Gasteiger partial charge in [-0.05, 0) is 31.2 Å². The van der Waals surface area contributed by atoms with Crippen molar-refractivity contribution >= 4 is 29.2 Å². The van der Waals surface area contributed by atoms with E-state index in [-0.39, 0.29) is 11.9 Å². The molecule has 7 heteroatoms. The third-order valence-corrected chi connectivity index (χ3v) is 4.22. The third-order valence-electron chi connectivity index (χ3n) is 4.22. The van der Waals surface area contributed by atoms with E-state index in [0.717, 1.165) is 21.9 Å². The quantitative estimate of drug-likeness (QED) is 0.849. The zero-order valence-electron chi connectivity index (χ0n) is 14.0. The summed E-state index contributed by atoms with van der Waals surface area (Å²) >= 11 is 0. The number of amidine groups is 1. The number of imide groups is 1. The number of urea groups is 1. The SMILES string of the molecule is COc1ccc(N=C2C(C)=C[NH+]=C3C2C(=O)N(C)C(=O)N3C)cc1. The molecule has 2 aliphatic heterocycles. The van der Waals surface area contributed by atoms with Crippen LogP contribution in [0.15, 0.2) is 41.0 Å². The molecule has 124 valence electrons. The summed E-state index contributed by atoms with van der Waals surface area (Å²) in [7, 11) is 4.72. The highest BCUT2D eigenvalue weighted by Crippen LogP contribution is 2.25. The maximum Gasteiger partial charge on any atom is 0.417 e. The molecule has 1 N–H and O–H groups in total. The van der Waals surface area contributed by atoms with Gasteiger partial charge in [0.2, 0.25) is 0 Å². The zero-order chi connectivity index (χ0) is 17.4. The Morgan fingerprint density at radius 1 is 1.12 bits per heavy atom. The Morgan fingerprint density at radius 3 is 2.42 bits per heavy atom. The van der Waals surface area contributed by atoms with E-state index in [1.165, 1.54) is 11.9 Å². The van der Waals surface area contributed by atoms with Crippen molar-refractivity contribution in [3.63, 3.8) is 0 Å². The van der Waals surface area contributed by atoms with Gasteiger partial charge in [0, 0.05) is 12.6 Å². The lowest BCUT2D eigenvalue weighted by molar-refractivity contribution is -0.383. The van der Waals surface area contributed by atoms with Gasteiger partial charge >= 0.3 is 6.03 Å². The molecule has 0 radical (unpaired) electrons. The predicted molar refractivity (Wildman–Crippen MR) is 89.2 cm³/mol. The molecule has 0 aliphatic carbocycles. The third kappa shape index (κ3) is 2.47. The van der Waals surface area contributed by atoms with E-state index in [0.29, 0.717) is 11.5 Å². The number of ether oxygens (including phenoxy) is 1. The number of allylic oxidation sites excluding steroid dienone is 1. The number of carbonyl (C=O) groups is 2. The van der Waals surface area contributed by atoms with Gasteiger partial charge in [0.05, 0.1) is 31.8 Å². The van der Waals surface area contributed by atoms with Crippen molar-refractivity contribution in [3.8, 4) is 5.75 Å². The van der Waals surface area contributed by atoms with E-state index in [4.69, 9.17) is 4.74 Å². The number of rotatable bonds is 2. The summed E-state index contributed by atoms with van der Waals surface area (Å²) < 4.78 is 5.14. The highest BCUT2D eigenvalue weighted by atomic mass is 16.5. The van der Waals surface area contributed by atoms with E-state index in [2.05, 4.69) is 9.98 Å². The number of hydrogen-bond donors (Lipinski definition) is 1. The first kappa shape index (κ1) is 15.9. The number of aliphatic imine (C=N–C) groups is 1. The summed E-state index contributed by atoms with van der Waals surface area (Å²) in [5.74, 6) is 0.355. The molecule has 1 atom stereocenters. The molecular weight excluding hydrogens is 308 g/mol. The van der Waals surface area contributed by atoms with E-state index in [1.54, 1.807) is 20.4 Å². The molecule has 7 nitrogen and oxygen atoms in total. The lowest BCUT2D eigenvalue weighted by Gasteiger charge is -2.32. The standard InChI is InChI=1S/C17H18N4O3/c1-10-9-18-15-13(16(22)21(3)17(23)20(15)2)14(10)19-11-5-7-12(24-4)8-6-11/h5-9,13H,1-4H3/p+1. The van der Waals surface area contributed by atoms with Crippen LogP contribution in [0.2, 0.25) is 0 Å². The molecule has 24 heavy (non-hydrogen) atoms. The minimum atomic E-state index is -0.621.